The zero-order chi connectivity index (χ0) is 15.7. The fourth-order valence-corrected chi connectivity index (χ4v) is 2.50. The number of nitrogens with zero attached hydrogens (tertiary/aromatic N) is 1. The van der Waals surface area contributed by atoms with Gasteiger partial charge >= 0.3 is 0 Å². The molecule has 0 fully saturated rings. The van der Waals surface area contributed by atoms with Crippen molar-refractivity contribution < 1.29 is 4.79 Å². The van der Waals surface area contributed by atoms with Crippen LogP contribution in [0.4, 0.5) is 5.69 Å². The highest BCUT2D eigenvalue weighted by Crippen LogP contribution is 2.19. The average molecular weight is 292 g/mol. The number of aryl methyl sites for hydroxylation is 2. The van der Waals surface area contributed by atoms with Crippen molar-refractivity contribution >= 4 is 22.4 Å². The molecule has 3 aromatic rings. The lowest BCUT2D eigenvalue weighted by molar-refractivity contribution is 0.102. The van der Waals surface area contributed by atoms with Crippen molar-refractivity contribution in [2.24, 2.45) is 7.05 Å². The molecule has 1 heterocycles. The summed E-state index contributed by atoms with van der Waals surface area (Å²) < 4.78 is 1.44. The summed E-state index contributed by atoms with van der Waals surface area (Å²) in [5.41, 5.74) is 2.14. The van der Waals surface area contributed by atoms with Crippen molar-refractivity contribution in [1.29, 1.82) is 0 Å². The Morgan fingerprint density at radius 3 is 2.36 bits per heavy atom. The topological polar surface area (TPSA) is 51.1 Å². The van der Waals surface area contributed by atoms with Crippen LogP contribution >= 0.6 is 0 Å². The summed E-state index contributed by atoms with van der Waals surface area (Å²) in [5.74, 6) is -0.221. The van der Waals surface area contributed by atoms with Gasteiger partial charge in [-0.15, -0.1) is 0 Å². The van der Waals surface area contributed by atoms with Crippen LogP contribution < -0.4 is 10.9 Å². The molecule has 22 heavy (non-hydrogen) atoms. The van der Waals surface area contributed by atoms with Gasteiger partial charge in [0.05, 0.1) is 5.56 Å². The molecular formula is C18H16N2O2. The third-order valence-corrected chi connectivity index (χ3v) is 3.73. The molecule has 0 atom stereocenters. The number of carbonyl (C=O) groups is 1. The van der Waals surface area contributed by atoms with Crippen LogP contribution in [0.15, 0.2) is 59.5 Å². The lowest BCUT2D eigenvalue weighted by atomic mass is 10.1. The molecule has 0 aliphatic rings. The first-order valence-electron chi connectivity index (χ1n) is 7.03. The first-order valence-corrected chi connectivity index (χ1v) is 7.03. The number of amides is 1. The highest BCUT2D eigenvalue weighted by molar-refractivity contribution is 6.12. The molecular weight excluding hydrogens is 276 g/mol. The second-order valence-electron chi connectivity index (χ2n) is 5.27. The number of anilines is 1. The summed E-state index contributed by atoms with van der Waals surface area (Å²) in [6, 6.07) is 14.8. The number of para-hydroxylation sites is 1. The zero-order valence-electron chi connectivity index (χ0n) is 12.5. The van der Waals surface area contributed by atoms with E-state index >= 15 is 0 Å². The Labute approximate surface area is 128 Å². The first-order chi connectivity index (χ1) is 10.6. The van der Waals surface area contributed by atoms with Gasteiger partial charge in [-0.3, -0.25) is 9.59 Å². The highest BCUT2D eigenvalue weighted by Gasteiger charge is 2.14. The van der Waals surface area contributed by atoms with Crippen molar-refractivity contribution in [3.63, 3.8) is 0 Å². The Bertz CT molecular complexity index is 926. The van der Waals surface area contributed by atoms with E-state index in [0.717, 1.165) is 11.3 Å². The van der Waals surface area contributed by atoms with Crippen LogP contribution in [0.2, 0.25) is 0 Å². The van der Waals surface area contributed by atoms with Crippen molar-refractivity contribution in [3.05, 3.63) is 76.2 Å². The summed E-state index contributed by atoms with van der Waals surface area (Å²) in [6.07, 6.45) is 1.58. The van der Waals surface area contributed by atoms with Gasteiger partial charge in [0.15, 0.2) is 0 Å². The van der Waals surface area contributed by atoms with Gasteiger partial charge in [-0.05, 0) is 24.6 Å². The molecule has 2 aromatic carbocycles. The number of carbonyl (C=O) groups excluding carboxylic acids is 1. The number of benzene rings is 2. The molecule has 0 bridgehead atoms. The van der Waals surface area contributed by atoms with Gasteiger partial charge in [0.2, 0.25) is 0 Å². The normalized spacial score (nSPS) is 10.6. The molecule has 0 saturated carbocycles. The predicted molar refractivity (Wildman–Crippen MR) is 88.3 cm³/mol. The number of rotatable bonds is 2. The molecule has 1 amide bonds. The molecule has 0 aliphatic heterocycles. The maximum absolute atomic E-state index is 12.6. The summed E-state index contributed by atoms with van der Waals surface area (Å²) >= 11 is 0. The van der Waals surface area contributed by atoms with Crippen LogP contribution in [0.25, 0.3) is 10.8 Å². The van der Waals surface area contributed by atoms with Gasteiger partial charge in [0.1, 0.15) is 0 Å². The minimum Gasteiger partial charge on any atom is -0.322 e. The molecule has 0 radical (unpaired) electrons. The Morgan fingerprint density at radius 1 is 1.00 bits per heavy atom. The van der Waals surface area contributed by atoms with E-state index in [1.54, 1.807) is 31.4 Å². The van der Waals surface area contributed by atoms with Crippen molar-refractivity contribution in [2.45, 2.75) is 6.92 Å². The summed E-state index contributed by atoms with van der Waals surface area (Å²) in [6.45, 7) is 1.94. The molecule has 1 aromatic heterocycles. The molecule has 3 rings (SSSR count). The van der Waals surface area contributed by atoms with E-state index in [9.17, 15) is 9.59 Å². The van der Waals surface area contributed by atoms with Crippen LogP contribution in [0, 0.1) is 6.92 Å². The van der Waals surface area contributed by atoms with Crippen LogP contribution in [0.1, 0.15) is 15.9 Å². The summed E-state index contributed by atoms with van der Waals surface area (Å²) in [5, 5.41) is 4.12. The van der Waals surface area contributed by atoms with E-state index in [-0.39, 0.29) is 11.5 Å². The van der Waals surface area contributed by atoms with Crippen molar-refractivity contribution in [1.82, 2.24) is 4.57 Å². The molecule has 0 unspecified atom stereocenters. The number of pyridine rings is 1. The average Bonchev–Trinajstić information content (AvgIpc) is 2.53. The number of aromatic nitrogens is 1. The molecule has 0 aliphatic carbocycles. The van der Waals surface area contributed by atoms with E-state index in [1.807, 2.05) is 37.3 Å². The van der Waals surface area contributed by atoms with E-state index < -0.39 is 0 Å². The summed E-state index contributed by atoms with van der Waals surface area (Å²) in [7, 11) is 1.65. The minimum absolute atomic E-state index is 0.108. The van der Waals surface area contributed by atoms with Crippen LogP contribution in [-0.4, -0.2) is 10.5 Å². The summed E-state index contributed by atoms with van der Waals surface area (Å²) in [4.78, 5) is 24.8. The first kappa shape index (κ1) is 14.1. The zero-order valence-corrected chi connectivity index (χ0v) is 12.5. The second kappa shape index (κ2) is 5.48. The Morgan fingerprint density at radius 2 is 1.64 bits per heavy atom. The third-order valence-electron chi connectivity index (χ3n) is 3.73. The minimum atomic E-state index is -0.221. The SMILES string of the molecule is Cc1ccccc1NC(=O)c1cn(C)c(=O)c2ccccc12. The number of fused-ring (bicyclic) bond motifs is 1. The number of nitrogens with one attached hydrogen (secondary N) is 1. The van der Waals surface area contributed by atoms with Crippen LogP contribution in [-0.2, 0) is 7.05 Å². The third kappa shape index (κ3) is 2.39. The second-order valence-corrected chi connectivity index (χ2v) is 5.27. The van der Waals surface area contributed by atoms with Crippen LogP contribution in [0.5, 0.6) is 0 Å². The van der Waals surface area contributed by atoms with Gasteiger partial charge in [-0.2, -0.15) is 0 Å². The van der Waals surface area contributed by atoms with Gasteiger partial charge < -0.3 is 9.88 Å². The molecule has 1 N–H and O–H groups in total. The maximum atomic E-state index is 12.6. The Kier molecular flexibility index (Phi) is 3.51. The van der Waals surface area contributed by atoms with E-state index in [1.165, 1.54) is 4.57 Å². The smallest absolute Gasteiger partial charge is 0.258 e. The van der Waals surface area contributed by atoms with E-state index in [4.69, 9.17) is 0 Å². The molecule has 110 valence electrons. The standard InChI is InChI=1S/C18H16N2O2/c1-12-7-3-6-10-16(12)19-17(21)15-11-20(2)18(22)14-9-5-4-8-13(14)15/h3-11H,1-2H3,(H,19,21). The fraction of sp³-hybridized carbons (Fsp3) is 0.111. The molecule has 0 spiro atoms. The van der Waals surface area contributed by atoms with Gasteiger partial charge in [0, 0.05) is 29.7 Å². The largest absolute Gasteiger partial charge is 0.322 e. The predicted octanol–water partition coefficient (Wildman–Crippen LogP) is 3.10. The van der Waals surface area contributed by atoms with Gasteiger partial charge in [-0.1, -0.05) is 36.4 Å². The highest BCUT2D eigenvalue weighted by atomic mass is 16.2. The molecule has 0 saturated heterocycles. The quantitative estimate of drug-likeness (QED) is 0.789. The fourth-order valence-electron chi connectivity index (χ4n) is 2.50. The van der Waals surface area contributed by atoms with Gasteiger partial charge in [-0.25, -0.2) is 0 Å². The molecule has 4 nitrogen and oxygen atoms in total. The van der Waals surface area contributed by atoms with Gasteiger partial charge in [0.25, 0.3) is 11.5 Å². The monoisotopic (exact) mass is 292 g/mol. The van der Waals surface area contributed by atoms with Crippen LogP contribution in [0.3, 0.4) is 0 Å². The Balaban J connectivity index is 2.11. The Hall–Kier alpha value is -2.88. The number of hydrogen-bond donors (Lipinski definition) is 1. The van der Waals surface area contributed by atoms with E-state index in [0.29, 0.717) is 16.3 Å². The number of hydrogen-bond acceptors (Lipinski definition) is 2. The molecule has 4 heteroatoms. The maximum Gasteiger partial charge on any atom is 0.258 e. The van der Waals surface area contributed by atoms with Crippen molar-refractivity contribution in [2.75, 3.05) is 5.32 Å². The lowest BCUT2D eigenvalue weighted by Crippen LogP contribution is -2.21. The lowest BCUT2D eigenvalue weighted by Gasteiger charge is -2.11. The van der Waals surface area contributed by atoms with E-state index in [2.05, 4.69) is 5.32 Å². The van der Waals surface area contributed by atoms with Crippen molar-refractivity contribution in [3.8, 4) is 0 Å².